The van der Waals surface area contributed by atoms with Gasteiger partial charge in [-0.15, -0.1) is 0 Å². The van der Waals surface area contributed by atoms with Crippen LogP contribution >= 0.6 is 34.8 Å². The SMILES string of the molecule is ON=C(Cl)c1c(Cl)ncnc1Cl. The second-order valence-electron chi connectivity index (χ2n) is 1.72. The summed E-state index contributed by atoms with van der Waals surface area (Å²) in [5, 5.41) is 10.9. The van der Waals surface area contributed by atoms with Crippen LogP contribution in [0.5, 0.6) is 0 Å². The van der Waals surface area contributed by atoms with Crippen LogP contribution in [0.2, 0.25) is 10.3 Å². The first-order valence-electron chi connectivity index (χ1n) is 2.70. The molecule has 1 aromatic rings. The minimum atomic E-state index is -0.245. The Morgan fingerprint density at radius 1 is 1.33 bits per heavy atom. The minimum Gasteiger partial charge on any atom is -0.410 e. The van der Waals surface area contributed by atoms with Crippen molar-refractivity contribution in [2.75, 3.05) is 0 Å². The Morgan fingerprint density at radius 2 is 1.83 bits per heavy atom. The summed E-state index contributed by atoms with van der Waals surface area (Å²) in [6, 6.07) is 0. The molecule has 0 aliphatic rings. The third-order valence-corrected chi connectivity index (χ3v) is 1.89. The molecule has 0 saturated heterocycles. The van der Waals surface area contributed by atoms with Crippen molar-refractivity contribution in [3.05, 3.63) is 22.2 Å². The zero-order valence-electron chi connectivity index (χ0n) is 5.50. The fraction of sp³-hybridized carbons (Fsp3) is 0. The summed E-state index contributed by atoms with van der Waals surface area (Å²) in [5.74, 6) is 0. The number of nitrogens with zero attached hydrogens (tertiary/aromatic N) is 3. The molecule has 1 heterocycles. The van der Waals surface area contributed by atoms with Gasteiger partial charge < -0.3 is 5.21 Å². The highest BCUT2D eigenvalue weighted by Gasteiger charge is 2.12. The highest BCUT2D eigenvalue weighted by molar-refractivity contribution is 6.71. The van der Waals surface area contributed by atoms with E-state index in [1.165, 1.54) is 6.33 Å². The van der Waals surface area contributed by atoms with E-state index in [2.05, 4.69) is 15.1 Å². The van der Waals surface area contributed by atoms with E-state index in [1.54, 1.807) is 0 Å². The lowest BCUT2D eigenvalue weighted by atomic mass is 10.4. The lowest BCUT2D eigenvalue weighted by Crippen LogP contribution is -1.97. The molecule has 4 nitrogen and oxygen atoms in total. The van der Waals surface area contributed by atoms with Crippen molar-refractivity contribution >= 4 is 40.0 Å². The number of rotatable bonds is 1. The average Bonchev–Trinajstić information content (AvgIpc) is 2.03. The fourth-order valence-electron chi connectivity index (χ4n) is 0.565. The second-order valence-corrected chi connectivity index (χ2v) is 2.80. The molecule has 0 aliphatic heterocycles. The average molecular weight is 226 g/mol. The number of halogens is 3. The summed E-state index contributed by atoms with van der Waals surface area (Å²) >= 11 is 16.6. The van der Waals surface area contributed by atoms with Gasteiger partial charge in [0.15, 0.2) is 5.17 Å². The van der Waals surface area contributed by atoms with E-state index < -0.39 is 0 Å². The number of aromatic nitrogens is 2. The van der Waals surface area contributed by atoms with Gasteiger partial charge in [0.1, 0.15) is 16.6 Å². The van der Waals surface area contributed by atoms with Gasteiger partial charge in [-0.2, -0.15) is 0 Å². The lowest BCUT2D eigenvalue weighted by molar-refractivity contribution is 0.321. The molecule has 0 aromatic carbocycles. The summed E-state index contributed by atoms with van der Waals surface area (Å²) in [4.78, 5) is 7.20. The van der Waals surface area contributed by atoms with Gasteiger partial charge >= 0.3 is 0 Å². The molecule has 0 atom stereocenters. The molecule has 64 valence electrons. The van der Waals surface area contributed by atoms with Crippen LogP contribution in [0.15, 0.2) is 11.5 Å². The first kappa shape index (κ1) is 9.51. The first-order valence-corrected chi connectivity index (χ1v) is 3.84. The third kappa shape index (κ3) is 1.77. The molecule has 0 spiro atoms. The Morgan fingerprint density at radius 3 is 2.25 bits per heavy atom. The molecule has 0 amide bonds. The van der Waals surface area contributed by atoms with Gasteiger partial charge in [0.25, 0.3) is 0 Å². The molecular formula is C5H2Cl3N3O. The van der Waals surface area contributed by atoms with E-state index in [9.17, 15) is 0 Å². The van der Waals surface area contributed by atoms with Crippen molar-refractivity contribution in [2.24, 2.45) is 5.16 Å². The van der Waals surface area contributed by atoms with E-state index >= 15 is 0 Å². The van der Waals surface area contributed by atoms with Crippen LogP contribution in [0.3, 0.4) is 0 Å². The van der Waals surface area contributed by atoms with E-state index in [-0.39, 0.29) is 21.0 Å². The predicted octanol–water partition coefficient (Wildman–Crippen LogP) is 2.16. The smallest absolute Gasteiger partial charge is 0.181 e. The van der Waals surface area contributed by atoms with Crippen molar-refractivity contribution in [1.29, 1.82) is 0 Å². The van der Waals surface area contributed by atoms with Crippen LogP contribution in [0.25, 0.3) is 0 Å². The Labute approximate surface area is 82.8 Å². The molecule has 1 rings (SSSR count). The van der Waals surface area contributed by atoms with Crippen LogP contribution in [-0.2, 0) is 0 Å². The van der Waals surface area contributed by atoms with Crippen LogP contribution in [-0.4, -0.2) is 20.3 Å². The first-order chi connectivity index (χ1) is 5.66. The van der Waals surface area contributed by atoms with Crippen molar-refractivity contribution < 1.29 is 5.21 Å². The molecule has 0 fully saturated rings. The molecule has 1 aromatic heterocycles. The van der Waals surface area contributed by atoms with Crippen LogP contribution < -0.4 is 0 Å². The maximum Gasteiger partial charge on any atom is 0.181 e. The van der Waals surface area contributed by atoms with Gasteiger partial charge in [-0.25, -0.2) is 9.97 Å². The van der Waals surface area contributed by atoms with Gasteiger partial charge in [0, 0.05) is 0 Å². The van der Waals surface area contributed by atoms with E-state index in [0.717, 1.165) is 0 Å². The topological polar surface area (TPSA) is 58.4 Å². The molecular weight excluding hydrogens is 224 g/mol. The van der Waals surface area contributed by atoms with Gasteiger partial charge in [0.2, 0.25) is 0 Å². The summed E-state index contributed by atoms with van der Waals surface area (Å²) < 4.78 is 0. The summed E-state index contributed by atoms with van der Waals surface area (Å²) in [7, 11) is 0. The summed E-state index contributed by atoms with van der Waals surface area (Å²) in [6.45, 7) is 0. The molecule has 0 aliphatic carbocycles. The standard InChI is InChI=1S/C5H2Cl3N3O/c6-3-2(5(8)11-12)4(7)10-1-9-3/h1,12H. The quantitative estimate of drug-likeness (QED) is 0.345. The lowest BCUT2D eigenvalue weighted by Gasteiger charge is -1.99. The van der Waals surface area contributed by atoms with Crippen molar-refractivity contribution in [1.82, 2.24) is 9.97 Å². The second kappa shape index (κ2) is 3.89. The van der Waals surface area contributed by atoms with E-state index in [4.69, 9.17) is 40.0 Å². The zero-order chi connectivity index (χ0) is 9.14. The molecule has 0 saturated carbocycles. The molecule has 0 unspecified atom stereocenters. The Hall–Kier alpha value is -0.580. The molecule has 7 heteroatoms. The predicted molar refractivity (Wildman–Crippen MR) is 46.2 cm³/mol. The monoisotopic (exact) mass is 225 g/mol. The summed E-state index contributed by atoms with van der Waals surface area (Å²) in [6.07, 6.45) is 1.18. The normalized spacial score (nSPS) is 11.8. The number of hydrogen-bond donors (Lipinski definition) is 1. The van der Waals surface area contributed by atoms with Crippen molar-refractivity contribution in [3.63, 3.8) is 0 Å². The Balaban J connectivity index is 3.31. The maximum atomic E-state index is 8.32. The maximum absolute atomic E-state index is 8.32. The Kier molecular flexibility index (Phi) is 3.08. The van der Waals surface area contributed by atoms with Gasteiger partial charge in [-0.3, -0.25) is 0 Å². The van der Waals surface area contributed by atoms with Gasteiger partial charge in [-0.1, -0.05) is 40.0 Å². The van der Waals surface area contributed by atoms with E-state index in [1.807, 2.05) is 0 Å². The largest absolute Gasteiger partial charge is 0.410 e. The summed E-state index contributed by atoms with van der Waals surface area (Å²) in [5.41, 5.74) is 0.116. The molecule has 0 radical (unpaired) electrons. The van der Waals surface area contributed by atoms with Gasteiger partial charge in [-0.05, 0) is 0 Å². The molecule has 12 heavy (non-hydrogen) atoms. The van der Waals surface area contributed by atoms with Crippen molar-refractivity contribution in [3.8, 4) is 0 Å². The van der Waals surface area contributed by atoms with Gasteiger partial charge in [0.05, 0.1) is 5.56 Å². The molecule has 1 N–H and O–H groups in total. The minimum absolute atomic E-state index is 0.0396. The van der Waals surface area contributed by atoms with Crippen molar-refractivity contribution in [2.45, 2.75) is 0 Å². The van der Waals surface area contributed by atoms with E-state index in [0.29, 0.717) is 0 Å². The highest BCUT2D eigenvalue weighted by atomic mass is 35.5. The zero-order valence-corrected chi connectivity index (χ0v) is 7.77. The van der Waals surface area contributed by atoms with Crippen LogP contribution in [0.1, 0.15) is 5.56 Å². The number of oxime groups is 1. The highest BCUT2D eigenvalue weighted by Crippen LogP contribution is 2.21. The van der Waals surface area contributed by atoms with Crippen LogP contribution in [0.4, 0.5) is 0 Å². The fourth-order valence-corrected chi connectivity index (χ4v) is 1.33. The third-order valence-electron chi connectivity index (χ3n) is 1.05. The molecule has 0 bridgehead atoms. The Bertz CT molecular complexity index is 307. The number of hydrogen-bond acceptors (Lipinski definition) is 4. The van der Waals surface area contributed by atoms with Crippen LogP contribution in [0, 0.1) is 0 Å².